The molecule has 2 aromatic rings. The van der Waals surface area contributed by atoms with Crippen LogP contribution in [0.25, 0.3) is 0 Å². The van der Waals surface area contributed by atoms with E-state index in [-0.39, 0.29) is 5.04 Å². The molecule has 0 unspecified atom stereocenters. The van der Waals surface area contributed by atoms with Gasteiger partial charge in [0.15, 0.2) is 0 Å². The van der Waals surface area contributed by atoms with Gasteiger partial charge in [0, 0.05) is 6.54 Å². The van der Waals surface area contributed by atoms with Gasteiger partial charge in [0.2, 0.25) is 0 Å². The fraction of sp³-hybridized carbons (Fsp3) is 0.684. The molecule has 0 spiro atoms. The third kappa shape index (κ3) is 20.9. The molecule has 2 N–H and O–H groups in total. The summed E-state index contributed by atoms with van der Waals surface area (Å²) in [6, 6.07) is 21.3. The number of nitrogens with two attached hydrogens (primary N) is 1. The minimum absolute atomic E-state index is 0.0554. The molecule has 0 radical (unpaired) electrons. The Bertz CT molecular complexity index is 994. The molecule has 2 rings (SSSR count). The topological polar surface area (TPSA) is 128 Å². The fourth-order valence-corrected chi connectivity index (χ4v) is 9.72. The highest BCUT2D eigenvalue weighted by molar-refractivity contribution is 6.99. The fourth-order valence-electron chi connectivity index (χ4n) is 5.18. The van der Waals surface area contributed by atoms with Gasteiger partial charge in [-0.3, -0.25) is 0 Å². The van der Waals surface area contributed by atoms with Gasteiger partial charge in [-0.1, -0.05) is 81.4 Å². The van der Waals surface area contributed by atoms with E-state index in [0.29, 0.717) is 145 Å². The van der Waals surface area contributed by atoms with E-state index in [1.807, 2.05) is 0 Å². The minimum Gasteiger partial charge on any atom is -0.405 e. The predicted octanol–water partition coefficient (Wildman–Crippen LogP) is 2.69. The van der Waals surface area contributed by atoms with Gasteiger partial charge in [-0.2, -0.15) is 0 Å². The lowest BCUT2D eigenvalue weighted by Gasteiger charge is -2.43. The molecule has 2 aromatic carbocycles. The van der Waals surface area contributed by atoms with Gasteiger partial charge in [0.25, 0.3) is 8.32 Å². The lowest BCUT2D eigenvalue weighted by Crippen LogP contribution is -2.66. The molecule has 0 fully saturated rings. The quantitative estimate of drug-likeness (QED) is 0.0826. The Morgan fingerprint density at radius 1 is 0.373 bits per heavy atom. The maximum Gasteiger partial charge on any atom is 0.261 e. The summed E-state index contributed by atoms with van der Waals surface area (Å²) in [4.78, 5) is 0. The summed E-state index contributed by atoms with van der Waals surface area (Å²) in [5.74, 6) is 0. The van der Waals surface area contributed by atoms with Crippen molar-refractivity contribution in [2.45, 2.75) is 25.8 Å². The first-order valence-electron chi connectivity index (χ1n) is 18.2. The van der Waals surface area contributed by atoms with E-state index in [0.717, 1.165) is 0 Å². The monoisotopic (exact) mass is 739 g/mol. The third-order valence-corrected chi connectivity index (χ3v) is 12.6. The van der Waals surface area contributed by atoms with E-state index in [1.54, 1.807) is 0 Å². The first-order valence-corrected chi connectivity index (χ1v) is 20.2. The summed E-state index contributed by atoms with van der Waals surface area (Å²) < 4.78 is 62.0. The molecule has 0 aromatic heterocycles. The summed E-state index contributed by atoms with van der Waals surface area (Å²) in [5.41, 5.74) is 5.34. The molecule has 0 bridgehead atoms. The van der Waals surface area contributed by atoms with Crippen molar-refractivity contribution in [2.24, 2.45) is 5.73 Å². The Kier molecular flexibility index (Phi) is 27.2. The molecule has 0 atom stereocenters. The van der Waals surface area contributed by atoms with Crippen molar-refractivity contribution >= 4 is 18.7 Å². The Balaban J connectivity index is 1.33. The summed E-state index contributed by atoms with van der Waals surface area (Å²) in [7, 11) is -2.54. The van der Waals surface area contributed by atoms with Crippen molar-refractivity contribution in [1.82, 2.24) is 0 Å². The number of ether oxygens (including phenoxy) is 10. The van der Waals surface area contributed by atoms with Crippen molar-refractivity contribution < 1.29 is 51.8 Å². The van der Waals surface area contributed by atoms with Gasteiger partial charge in [-0.05, 0) is 15.4 Å². The Labute approximate surface area is 307 Å². The normalized spacial score (nSPS) is 12.2. The molecule has 0 saturated heterocycles. The molecule has 13 heteroatoms. The molecule has 0 heterocycles. The van der Waals surface area contributed by atoms with Crippen molar-refractivity contribution in [3.05, 3.63) is 60.7 Å². The van der Waals surface area contributed by atoms with Crippen LogP contribution in [-0.4, -0.2) is 154 Å². The summed E-state index contributed by atoms with van der Waals surface area (Å²) >= 11 is 0. The van der Waals surface area contributed by atoms with E-state index < -0.39 is 8.32 Å². The Hall–Kier alpha value is -1.82. The zero-order valence-electron chi connectivity index (χ0n) is 31.4. The number of hydrogen-bond acceptors (Lipinski definition) is 12. The van der Waals surface area contributed by atoms with Crippen molar-refractivity contribution in [2.75, 3.05) is 145 Å². The summed E-state index contributed by atoms with van der Waals surface area (Å²) in [6.07, 6.45) is 0. The van der Waals surface area contributed by atoms with Crippen LogP contribution in [0, 0.1) is 0 Å². The Morgan fingerprint density at radius 2 is 0.608 bits per heavy atom. The molecule has 12 nitrogen and oxygen atoms in total. The van der Waals surface area contributed by atoms with Crippen molar-refractivity contribution in [1.29, 1.82) is 0 Å². The van der Waals surface area contributed by atoms with Crippen LogP contribution in [0.2, 0.25) is 5.04 Å². The van der Waals surface area contributed by atoms with E-state index in [2.05, 4.69) is 81.4 Å². The molecule has 0 aliphatic heterocycles. The van der Waals surface area contributed by atoms with E-state index in [4.69, 9.17) is 57.5 Å². The zero-order chi connectivity index (χ0) is 36.6. The molecule has 0 aliphatic carbocycles. The average molecular weight is 740 g/mol. The molecule has 292 valence electrons. The predicted molar refractivity (Wildman–Crippen MR) is 201 cm³/mol. The van der Waals surface area contributed by atoms with Crippen molar-refractivity contribution in [3.63, 3.8) is 0 Å². The third-order valence-electron chi connectivity index (χ3n) is 7.57. The smallest absolute Gasteiger partial charge is 0.261 e. The highest BCUT2D eigenvalue weighted by Gasteiger charge is 2.50. The second-order valence-electron chi connectivity index (χ2n) is 12.4. The standard InChI is InChI=1S/C38H65NO11Si/c1-38(2,3)51(36-10-6-4-7-11-36,37-12-8-5-9-13-37)50-35-34-49-33-32-48-31-30-47-29-28-46-27-26-45-25-24-44-23-22-43-21-20-42-19-18-41-17-16-40-15-14-39/h4-13H,14-35,39H2,1-3H3. The van der Waals surface area contributed by atoms with Gasteiger partial charge < -0.3 is 57.5 Å². The average Bonchev–Trinajstić information content (AvgIpc) is 3.14. The van der Waals surface area contributed by atoms with Crippen LogP contribution in [0.3, 0.4) is 0 Å². The van der Waals surface area contributed by atoms with Crippen LogP contribution in [0.5, 0.6) is 0 Å². The number of benzene rings is 2. The molecule has 0 saturated carbocycles. The van der Waals surface area contributed by atoms with Crippen LogP contribution in [0.4, 0.5) is 0 Å². The van der Waals surface area contributed by atoms with Crippen molar-refractivity contribution in [3.8, 4) is 0 Å². The van der Waals surface area contributed by atoms with Gasteiger partial charge in [0.05, 0.1) is 139 Å². The van der Waals surface area contributed by atoms with Crippen LogP contribution in [0.15, 0.2) is 60.7 Å². The maximum absolute atomic E-state index is 6.85. The van der Waals surface area contributed by atoms with E-state index in [1.165, 1.54) is 10.4 Å². The van der Waals surface area contributed by atoms with Gasteiger partial charge in [-0.15, -0.1) is 0 Å². The first-order chi connectivity index (χ1) is 25.0. The van der Waals surface area contributed by atoms with Crippen LogP contribution >= 0.6 is 0 Å². The molecule has 51 heavy (non-hydrogen) atoms. The van der Waals surface area contributed by atoms with Crippen LogP contribution in [-0.2, 0) is 51.8 Å². The highest BCUT2D eigenvalue weighted by atomic mass is 28.4. The first kappa shape index (κ1) is 45.3. The molecular formula is C38H65NO11Si. The zero-order valence-corrected chi connectivity index (χ0v) is 32.4. The van der Waals surface area contributed by atoms with Gasteiger partial charge in [-0.25, -0.2) is 0 Å². The number of rotatable bonds is 35. The second-order valence-corrected chi connectivity index (χ2v) is 16.7. The SMILES string of the molecule is CC(C)(C)[Si](OCCOCCOCCOCCOCCOCCOCCOCCOCCOCCOCCN)(c1ccccc1)c1ccccc1. The molecule has 0 amide bonds. The Morgan fingerprint density at radius 3 is 0.843 bits per heavy atom. The van der Waals surface area contributed by atoms with E-state index in [9.17, 15) is 0 Å². The highest BCUT2D eigenvalue weighted by Crippen LogP contribution is 2.36. The van der Waals surface area contributed by atoms with E-state index >= 15 is 0 Å². The largest absolute Gasteiger partial charge is 0.405 e. The van der Waals surface area contributed by atoms with Gasteiger partial charge >= 0.3 is 0 Å². The lowest BCUT2D eigenvalue weighted by molar-refractivity contribution is -0.0266. The van der Waals surface area contributed by atoms with Crippen LogP contribution < -0.4 is 16.1 Å². The number of hydrogen-bond donors (Lipinski definition) is 1. The van der Waals surface area contributed by atoms with Crippen LogP contribution in [0.1, 0.15) is 20.8 Å². The lowest BCUT2D eigenvalue weighted by atomic mass is 10.2. The maximum atomic E-state index is 6.85. The van der Waals surface area contributed by atoms with Gasteiger partial charge in [0.1, 0.15) is 0 Å². The molecule has 0 aliphatic rings. The summed E-state index contributed by atoms with van der Waals surface area (Å²) in [5, 5.41) is 2.48. The molecular weight excluding hydrogens is 674 g/mol. The minimum atomic E-state index is -2.54. The summed E-state index contributed by atoms with van der Waals surface area (Å²) in [6.45, 7) is 18.2. The second kappa shape index (κ2) is 30.6.